The number of carbonyl (C=O) groups excluding carboxylic acids is 1. The fourth-order valence-corrected chi connectivity index (χ4v) is 4.55. The van der Waals surface area contributed by atoms with Crippen molar-refractivity contribution in [2.24, 2.45) is 0 Å². The Balaban J connectivity index is 1.83. The molecule has 4 rings (SSSR count). The van der Waals surface area contributed by atoms with Gasteiger partial charge in [0.05, 0.1) is 4.88 Å². The standard InChI is InChI=1S/C20H17ClN2OS/c21-15-5-3-13(4-6-15)16-2-1-9-23-20(24)19-17(16)12-18(25-19)14-7-10-22-11-8-14/h3-8,10-12,16H,1-2,9H2,(H,23,24). The van der Waals surface area contributed by atoms with Gasteiger partial charge < -0.3 is 5.32 Å². The summed E-state index contributed by atoms with van der Waals surface area (Å²) in [5.41, 5.74) is 3.41. The molecule has 0 fully saturated rings. The van der Waals surface area contributed by atoms with Gasteiger partial charge in [0.25, 0.3) is 5.91 Å². The number of nitrogens with one attached hydrogen (secondary N) is 1. The summed E-state index contributed by atoms with van der Waals surface area (Å²) in [5.74, 6) is 0.240. The maximum Gasteiger partial charge on any atom is 0.261 e. The molecule has 1 atom stereocenters. The second kappa shape index (κ2) is 6.98. The minimum atomic E-state index is 0.0268. The average molecular weight is 369 g/mol. The number of aromatic nitrogens is 1. The van der Waals surface area contributed by atoms with Crippen LogP contribution >= 0.6 is 22.9 Å². The van der Waals surface area contributed by atoms with Gasteiger partial charge in [-0.1, -0.05) is 23.7 Å². The average Bonchev–Trinajstić information content (AvgIpc) is 3.07. The first-order valence-corrected chi connectivity index (χ1v) is 9.49. The first-order chi connectivity index (χ1) is 12.2. The third-order valence-corrected chi connectivity index (χ3v) is 5.99. The fourth-order valence-electron chi connectivity index (χ4n) is 3.29. The van der Waals surface area contributed by atoms with Gasteiger partial charge in [-0.3, -0.25) is 9.78 Å². The minimum absolute atomic E-state index is 0.0268. The number of amides is 1. The van der Waals surface area contributed by atoms with Gasteiger partial charge in [0, 0.05) is 34.8 Å². The van der Waals surface area contributed by atoms with Gasteiger partial charge in [0.1, 0.15) is 0 Å². The molecule has 1 aliphatic heterocycles. The highest BCUT2D eigenvalue weighted by Gasteiger charge is 2.26. The number of thiophene rings is 1. The lowest BCUT2D eigenvalue weighted by Gasteiger charge is -2.21. The molecule has 1 amide bonds. The number of halogens is 1. The van der Waals surface area contributed by atoms with Crippen molar-refractivity contribution in [3.8, 4) is 10.4 Å². The number of fused-ring (bicyclic) bond motifs is 1. The number of rotatable bonds is 2. The largest absolute Gasteiger partial charge is 0.351 e. The predicted octanol–water partition coefficient (Wildman–Crippen LogP) is 5.12. The molecule has 2 aromatic heterocycles. The lowest BCUT2D eigenvalue weighted by molar-refractivity contribution is 0.0953. The number of hydrogen-bond donors (Lipinski definition) is 1. The summed E-state index contributed by atoms with van der Waals surface area (Å²) in [6.45, 7) is 0.713. The van der Waals surface area contributed by atoms with Crippen molar-refractivity contribution < 1.29 is 4.79 Å². The maximum absolute atomic E-state index is 12.6. The van der Waals surface area contributed by atoms with Crippen LogP contribution in [-0.4, -0.2) is 17.4 Å². The Morgan fingerprint density at radius 1 is 1.12 bits per heavy atom. The molecular formula is C20H17ClN2OS. The van der Waals surface area contributed by atoms with Crippen LogP contribution in [0.25, 0.3) is 10.4 Å². The zero-order chi connectivity index (χ0) is 17.2. The van der Waals surface area contributed by atoms with Crippen molar-refractivity contribution in [2.45, 2.75) is 18.8 Å². The van der Waals surface area contributed by atoms with Gasteiger partial charge in [0.2, 0.25) is 0 Å². The van der Waals surface area contributed by atoms with E-state index >= 15 is 0 Å². The van der Waals surface area contributed by atoms with Gasteiger partial charge in [-0.05, 0) is 59.9 Å². The lowest BCUT2D eigenvalue weighted by Crippen LogP contribution is -2.27. The molecule has 0 saturated carbocycles. The number of hydrogen-bond acceptors (Lipinski definition) is 3. The zero-order valence-electron chi connectivity index (χ0n) is 13.5. The summed E-state index contributed by atoms with van der Waals surface area (Å²) >= 11 is 7.60. The summed E-state index contributed by atoms with van der Waals surface area (Å²) in [5, 5.41) is 3.76. The molecule has 0 bridgehead atoms. The van der Waals surface area contributed by atoms with Gasteiger partial charge in [-0.15, -0.1) is 11.3 Å². The lowest BCUT2D eigenvalue weighted by atomic mass is 9.86. The molecular weight excluding hydrogens is 352 g/mol. The van der Waals surface area contributed by atoms with Crippen LogP contribution in [0, 0.1) is 0 Å². The monoisotopic (exact) mass is 368 g/mol. The Kier molecular flexibility index (Phi) is 4.55. The molecule has 3 nitrogen and oxygen atoms in total. The maximum atomic E-state index is 12.6. The van der Waals surface area contributed by atoms with E-state index in [9.17, 15) is 4.79 Å². The van der Waals surface area contributed by atoms with E-state index in [1.165, 1.54) is 5.56 Å². The van der Waals surface area contributed by atoms with Crippen LogP contribution in [0.2, 0.25) is 5.02 Å². The highest BCUT2D eigenvalue weighted by molar-refractivity contribution is 7.17. The number of nitrogens with zero attached hydrogens (tertiary/aromatic N) is 1. The summed E-state index contributed by atoms with van der Waals surface area (Å²) in [6, 6.07) is 14.1. The van der Waals surface area contributed by atoms with E-state index < -0.39 is 0 Å². The molecule has 25 heavy (non-hydrogen) atoms. The van der Waals surface area contributed by atoms with E-state index in [2.05, 4.69) is 28.5 Å². The molecule has 3 aromatic rings. The summed E-state index contributed by atoms with van der Waals surface area (Å²) in [7, 11) is 0. The zero-order valence-corrected chi connectivity index (χ0v) is 15.1. The number of pyridine rings is 1. The molecule has 3 heterocycles. The van der Waals surface area contributed by atoms with Crippen LogP contribution in [0.4, 0.5) is 0 Å². The van der Waals surface area contributed by atoms with Crippen molar-refractivity contribution in [1.82, 2.24) is 10.3 Å². The smallest absolute Gasteiger partial charge is 0.261 e. The summed E-state index contributed by atoms with van der Waals surface area (Å²) in [6.07, 6.45) is 5.52. The second-order valence-corrected chi connectivity index (χ2v) is 7.62. The third kappa shape index (κ3) is 3.32. The first kappa shape index (κ1) is 16.3. The van der Waals surface area contributed by atoms with E-state index in [1.807, 2.05) is 24.3 Å². The molecule has 5 heteroatoms. The quantitative estimate of drug-likeness (QED) is 0.682. The second-order valence-electron chi connectivity index (χ2n) is 6.13. The van der Waals surface area contributed by atoms with Gasteiger partial charge in [-0.25, -0.2) is 0 Å². The van der Waals surface area contributed by atoms with Crippen LogP contribution in [0.1, 0.15) is 39.6 Å². The Morgan fingerprint density at radius 3 is 2.64 bits per heavy atom. The minimum Gasteiger partial charge on any atom is -0.351 e. The van der Waals surface area contributed by atoms with Gasteiger partial charge >= 0.3 is 0 Å². The predicted molar refractivity (Wildman–Crippen MR) is 102 cm³/mol. The van der Waals surface area contributed by atoms with Crippen molar-refractivity contribution in [3.63, 3.8) is 0 Å². The van der Waals surface area contributed by atoms with Gasteiger partial charge in [0.15, 0.2) is 0 Å². The number of benzene rings is 1. The topological polar surface area (TPSA) is 42.0 Å². The van der Waals surface area contributed by atoms with Crippen LogP contribution in [0.15, 0.2) is 54.9 Å². The molecule has 0 spiro atoms. The van der Waals surface area contributed by atoms with Crippen molar-refractivity contribution in [3.05, 3.63) is 75.9 Å². The molecule has 1 unspecified atom stereocenters. The molecule has 1 aliphatic rings. The van der Waals surface area contributed by atoms with Crippen molar-refractivity contribution in [2.75, 3.05) is 6.54 Å². The Bertz CT molecular complexity index is 890. The highest BCUT2D eigenvalue weighted by atomic mass is 35.5. The Labute approximate surface area is 155 Å². The number of carbonyl (C=O) groups is 1. The summed E-state index contributed by atoms with van der Waals surface area (Å²) < 4.78 is 0. The molecule has 1 aromatic carbocycles. The van der Waals surface area contributed by atoms with Crippen LogP contribution in [0.5, 0.6) is 0 Å². The van der Waals surface area contributed by atoms with Crippen LogP contribution in [-0.2, 0) is 0 Å². The van der Waals surface area contributed by atoms with E-state index in [0.717, 1.165) is 38.7 Å². The Morgan fingerprint density at radius 2 is 1.88 bits per heavy atom. The highest BCUT2D eigenvalue weighted by Crippen LogP contribution is 2.40. The van der Waals surface area contributed by atoms with Crippen LogP contribution < -0.4 is 5.32 Å². The van der Waals surface area contributed by atoms with E-state index in [0.29, 0.717) is 6.54 Å². The molecule has 126 valence electrons. The van der Waals surface area contributed by atoms with Crippen molar-refractivity contribution in [1.29, 1.82) is 0 Å². The van der Waals surface area contributed by atoms with Crippen LogP contribution in [0.3, 0.4) is 0 Å². The SMILES string of the molecule is O=C1NCCCC(c2ccc(Cl)cc2)c2cc(-c3ccncc3)sc21. The third-order valence-electron chi connectivity index (χ3n) is 4.53. The van der Waals surface area contributed by atoms with Gasteiger partial charge in [-0.2, -0.15) is 0 Å². The van der Waals surface area contributed by atoms with Crippen molar-refractivity contribution >= 4 is 28.8 Å². The Hall–Kier alpha value is -2.17. The normalized spacial score (nSPS) is 17.3. The van der Waals surface area contributed by atoms with E-state index in [-0.39, 0.29) is 11.8 Å². The first-order valence-electron chi connectivity index (χ1n) is 8.30. The molecule has 0 radical (unpaired) electrons. The van der Waals surface area contributed by atoms with E-state index in [1.54, 1.807) is 23.7 Å². The fraction of sp³-hybridized carbons (Fsp3) is 0.200. The molecule has 1 N–H and O–H groups in total. The van der Waals surface area contributed by atoms with E-state index in [4.69, 9.17) is 11.6 Å². The molecule has 0 aliphatic carbocycles. The molecule has 0 saturated heterocycles. The summed E-state index contributed by atoms with van der Waals surface area (Å²) in [4.78, 5) is 18.6.